The van der Waals surface area contributed by atoms with Crippen LogP contribution in [0.3, 0.4) is 0 Å². The van der Waals surface area contributed by atoms with E-state index in [1.807, 2.05) is 0 Å². The van der Waals surface area contributed by atoms with Crippen LogP contribution >= 0.6 is 0 Å². The summed E-state index contributed by atoms with van der Waals surface area (Å²) in [6.45, 7) is 2.39. The fourth-order valence-electron chi connectivity index (χ4n) is 6.28. The molecule has 2 saturated carbocycles. The van der Waals surface area contributed by atoms with Crippen LogP contribution in [0.4, 0.5) is 0 Å². The largest absolute Gasteiger partial charge is 0.462 e. The van der Waals surface area contributed by atoms with E-state index < -0.39 is 0 Å². The SMILES string of the molecule is CC1CCC([C@H]2C[C@H]3CCC([C@H]2C(=O)OC2CCCC2)N3C)CC1. The first-order valence-corrected chi connectivity index (χ1v) is 10.6. The molecule has 0 spiro atoms. The molecule has 24 heavy (non-hydrogen) atoms. The summed E-state index contributed by atoms with van der Waals surface area (Å²) in [6, 6.07) is 1.16. The van der Waals surface area contributed by atoms with Crippen molar-refractivity contribution in [1.82, 2.24) is 4.90 Å². The third-order valence-corrected chi connectivity index (χ3v) is 7.84. The third kappa shape index (κ3) is 3.13. The van der Waals surface area contributed by atoms with E-state index in [1.165, 1.54) is 57.8 Å². The summed E-state index contributed by atoms with van der Waals surface area (Å²) in [4.78, 5) is 15.7. The van der Waals surface area contributed by atoms with Crippen LogP contribution in [0.25, 0.3) is 0 Å². The van der Waals surface area contributed by atoms with Crippen LogP contribution < -0.4 is 0 Å². The van der Waals surface area contributed by atoms with Gasteiger partial charge < -0.3 is 4.74 Å². The van der Waals surface area contributed by atoms with Gasteiger partial charge in [0.05, 0.1) is 5.92 Å². The number of carbonyl (C=O) groups is 1. The van der Waals surface area contributed by atoms with Gasteiger partial charge in [-0.15, -0.1) is 0 Å². The molecule has 3 heteroatoms. The Bertz CT molecular complexity index is 451. The highest BCUT2D eigenvalue weighted by Crippen LogP contribution is 2.48. The van der Waals surface area contributed by atoms with Gasteiger partial charge in [0.1, 0.15) is 6.10 Å². The van der Waals surface area contributed by atoms with Gasteiger partial charge in [0.25, 0.3) is 0 Å². The Morgan fingerprint density at radius 2 is 1.67 bits per heavy atom. The molecular weight excluding hydrogens is 298 g/mol. The molecule has 2 bridgehead atoms. The van der Waals surface area contributed by atoms with Crippen LogP contribution in [0.2, 0.25) is 0 Å². The van der Waals surface area contributed by atoms with E-state index >= 15 is 0 Å². The number of ether oxygens (including phenoxy) is 1. The summed E-state index contributed by atoms with van der Waals surface area (Å²) in [5, 5.41) is 0. The Balaban J connectivity index is 1.50. The van der Waals surface area contributed by atoms with Crippen LogP contribution in [0.5, 0.6) is 0 Å². The molecule has 0 N–H and O–H groups in total. The normalized spacial score (nSPS) is 43.9. The van der Waals surface area contributed by atoms with E-state index in [-0.39, 0.29) is 18.0 Å². The van der Waals surface area contributed by atoms with Gasteiger partial charge in [-0.25, -0.2) is 0 Å². The minimum Gasteiger partial charge on any atom is -0.462 e. The summed E-state index contributed by atoms with van der Waals surface area (Å²) < 4.78 is 6.03. The zero-order chi connectivity index (χ0) is 16.7. The number of hydrogen-bond donors (Lipinski definition) is 0. The van der Waals surface area contributed by atoms with Gasteiger partial charge in [0.15, 0.2) is 0 Å². The Labute approximate surface area is 147 Å². The van der Waals surface area contributed by atoms with Crippen LogP contribution in [-0.2, 0) is 9.53 Å². The third-order valence-electron chi connectivity index (χ3n) is 7.84. The molecule has 2 heterocycles. The van der Waals surface area contributed by atoms with E-state index in [9.17, 15) is 4.79 Å². The molecule has 4 rings (SSSR count). The van der Waals surface area contributed by atoms with Crippen molar-refractivity contribution in [2.24, 2.45) is 23.7 Å². The molecule has 4 atom stereocenters. The summed E-state index contributed by atoms with van der Waals surface area (Å²) >= 11 is 0. The first-order valence-electron chi connectivity index (χ1n) is 10.6. The van der Waals surface area contributed by atoms with Gasteiger partial charge in [0.2, 0.25) is 0 Å². The number of esters is 1. The molecular formula is C21H35NO2. The van der Waals surface area contributed by atoms with Gasteiger partial charge >= 0.3 is 5.97 Å². The molecule has 3 nitrogen and oxygen atoms in total. The Kier molecular flexibility index (Phi) is 4.90. The fourth-order valence-corrected chi connectivity index (χ4v) is 6.28. The van der Waals surface area contributed by atoms with Crippen molar-refractivity contribution >= 4 is 5.97 Å². The molecule has 1 unspecified atom stereocenters. The molecule has 2 saturated heterocycles. The lowest BCUT2D eigenvalue weighted by Gasteiger charge is -2.46. The topological polar surface area (TPSA) is 29.5 Å². The average molecular weight is 334 g/mol. The monoisotopic (exact) mass is 333 g/mol. The summed E-state index contributed by atoms with van der Waals surface area (Å²) in [5.41, 5.74) is 0. The summed E-state index contributed by atoms with van der Waals surface area (Å²) in [6.07, 6.45) is 14.0. The molecule has 0 aromatic carbocycles. The van der Waals surface area contributed by atoms with Gasteiger partial charge in [-0.05, 0) is 82.6 Å². The van der Waals surface area contributed by atoms with Crippen molar-refractivity contribution < 1.29 is 9.53 Å². The van der Waals surface area contributed by atoms with Crippen molar-refractivity contribution in [2.45, 2.75) is 95.7 Å². The second kappa shape index (κ2) is 6.97. The minimum atomic E-state index is 0.146. The Morgan fingerprint density at radius 1 is 0.958 bits per heavy atom. The lowest BCUT2D eigenvalue weighted by molar-refractivity contribution is -0.162. The van der Waals surface area contributed by atoms with E-state index in [2.05, 4.69) is 18.9 Å². The van der Waals surface area contributed by atoms with Gasteiger partial charge in [-0.2, -0.15) is 0 Å². The lowest BCUT2D eigenvalue weighted by Crippen LogP contribution is -2.52. The standard InChI is InChI=1S/C21H35NO2/c1-14-7-9-15(10-8-14)18-13-16-11-12-19(22(16)2)20(18)21(23)24-17-5-3-4-6-17/h14-20H,3-13H2,1-2H3/t14?,15?,16-,18-,19?,20+/m1/s1. The van der Waals surface area contributed by atoms with Gasteiger partial charge in [0, 0.05) is 12.1 Å². The second-order valence-corrected chi connectivity index (χ2v) is 9.25. The predicted molar refractivity (Wildman–Crippen MR) is 95.6 cm³/mol. The van der Waals surface area contributed by atoms with Crippen molar-refractivity contribution in [3.05, 3.63) is 0 Å². The first-order chi connectivity index (χ1) is 11.6. The Morgan fingerprint density at radius 3 is 2.38 bits per heavy atom. The van der Waals surface area contributed by atoms with Crippen LogP contribution in [0.15, 0.2) is 0 Å². The van der Waals surface area contributed by atoms with Crippen LogP contribution in [0, 0.1) is 23.7 Å². The van der Waals surface area contributed by atoms with E-state index in [0.29, 0.717) is 12.0 Å². The minimum absolute atomic E-state index is 0.146. The first kappa shape index (κ1) is 16.9. The van der Waals surface area contributed by atoms with Crippen molar-refractivity contribution in [2.75, 3.05) is 7.05 Å². The number of fused-ring (bicyclic) bond motifs is 2. The van der Waals surface area contributed by atoms with E-state index in [0.717, 1.165) is 30.7 Å². The number of hydrogen-bond acceptors (Lipinski definition) is 3. The Hall–Kier alpha value is -0.570. The van der Waals surface area contributed by atoms with Gasteiger partial charge in [-0.1, -0.05) is 19.8 Å². The second-order valence-electron chi connectivity index (χ2n) is 9.25. The lowest BCUT2D eigenvalue weighted by atomic mass is 9.67. The molecule has 0 radical (unpaired) electrons. The van der Waals surface area contributed by atoms with Crippen LogP contribution in [0.1, 0.15) is 77.6 Å². The maximum absolute atomic E-state index is 13.2. The summed E-state index contributed by atoms with van der Waals surface area (Å²) in [5.74, 6) is 2.53. The fraction of sp³-hybridized carbons (Fsp3) is 0.952. The maximum Gasteiger partial charge on any atom is 0.311 e. The zero-order valence-corrected chi connectivity index (χ0v) is 15.6. The molecule has 2 aliphatic heterocycles. The highest BCUT2D eigenvalue weighted by molar-refractivity contribution is 5.74. The molecule has 0 amide bonds. The number of rotatable bonds is 3. The highest BCUT2D eigenvalue weighted by Gasteiger charge is 2.51. The predicted octanol–water partition coefficient (Wildman–Crippen LogP) is 4.40. The molecule has 2 aliphatic carbocycles. The average Bonchev–Trinajstić information content (AvgIpc) is 3.14. The smallest absolute Gasteiger partial charge is 0.311 e. The maximum atomic E-state index is 13.2. The molecule has 0 aromatic rings. The van der Waals surface area contributed by atoms with Crippen molar-refractivity contribution in [1.29, 1.82) is 0 Å². The molecule has 0 aromatic heterocycles. The van der Waals surface area contributed by atoms with Crippen molar-refractivity contribution in [3.63, 3.8) is 0 Å². The number of carbonyl (C=O) groups excluding carboxylic acids is 1. The molecule has 4 fully saturated rings. The van der Waals surface area contributed by atoms with Gasteiger partial charge in [-0.3, -0.25) is 9.69 Å². The zero-order valence-electron chi connectivity index (χ0n) is 15.6. The molecule has 136 valence electrons. The van der Waals surface area contributed by atoms with E-state index in [1.54, 1.807) is 0 Å². The summed E-state index contributed by atoms with van der Waals surface area (Å²) in [7, 11) is 2.25. The van der Waals surface area contributed by atoms with Crippen LogP contribution in [-0.4, -0.2) is 36.1 Å². The van der Waals surface area contributed by atoms with E-state index in [4.69, 9.17) is 4.74 Å². The highest BCUT2D eigenvalue weighted by atomic mass is 16.5. The number of nitrogens with zero attached hydrogens (tertiary/aromatic N) is 1. The molecule has 4 aliphatic rings. The van der Waals surface area contributed by atoms with Crippen molar-refractivity contribution in [3.8, 4) is 0 Å². The quantitative estimate of drug-likeness (QED) is 0.717. The number of piperidine rings is 1.